The third-order valence-corrected chi connectivity index (χ3v) is 0.668. The molecule has 0 saturated heterocycles. The third-order valence-electron chi connectivity index (χ3n) is 0.668. The Labute approximate surface area is 45.5 Å². The Bertz CT molecular complexity index is 141. The van der Waals surface area contributed by atoms with E-state index in [-0.39, 0.29) is 5.70 Å². The van der Waals surface area contributed by atoms with E-state index in [1.807, 2.05) is 0 Å². The van der Waals surface area contributed by atoms with E-state index in [2.05, 4.69) is 17.4 Å². The number of rotatable bonds is 1. The van der Waals surface area contributed by atoms with E-state index < -0.39 is 4.92 Å². The first-order valence-corrected chi connectivity index (χ1v) is 1.92. The molecule has 5 heteroatoms. The minimum atomic E-state index is -0.535. The lowest BCUT2D eigenvalue weighted by Gasteiger charge is -1.82. The monoisotopic (exact) mass is 113 g/mol. The summed E-state index contributed by atoms with van der Waals surface area (Å²) < 4.78 is 0. The molecule has 0 aliphatic carbocycles. The molecule has 0 saturated carbocycles. The molecule has 0 aromatic rings. The van der Waals surface area contributed by atoms with Crippen molar-refractivity contribution < 1.29 is 4.92 Å². The number of hydrogen-bond acceptors (Lipinski definition) is 4. The Morgan fingerprint density at radius 1 is 1.88 bits per heavy atom. The molecule has 0 bridgehead atoms. The van der Waals surface area contributed by atoms with Crippen LogP contribution in [0.15, 0.2) is 11.9 Å². The highest BCUT2D eigenvalue weighted by Gasteiger charge is 2.15. The van der Waals surface area contributed by atoms with E-state index in [1.165, 1.54) is 6.20 Å². The summed E-state index contributed by atoms with van der Waals surface area (Å²) in [5, 5.41) is 9.80. The van der Waals surface area contributed by atoms with Crippen LogP contribution < -0.4 is 10.9 Å². The number of nitrogens with one attached hydrogen (secondary N) is 2. The number of nitrogens with zero attached hydrogens (tertiary/aromatic N) is 1. The quantitative estimate of drug-likeness (QED) is 0.347. The molecular weight excluding hydrogens is 110 g/mol. The van der Waals surface area contributed by atoms with E-state index in [1.54, 1.807) is 0 Å². The maximum Gasteiger partial charge on any atom is 0.290 e. The Morgan fingerprint density at radius 3 is 2.88 bits per heavy atom. The van der Waals surface area contributed by atoms with Gasteiger partial charge in [0.25, 0.3) is 5.70 Å². The fourth-order valence-electron chi connectivity index (χ4n) is 0.339. The minimum Gasteiger partial charge on any atom is -0.321 e. The van der Waals surface area contributed by atoms with Crippen LogP contribution in [0, 0.1) is 16.7 Å². The molecule has 0 unspecified atom stereocenters. The summed E-state index contributed by atoms with van der Waals surface area (Å²) in [5.41, 5.74) is 4.63. The predicted octanol–water partition coefficient (Wildman–Crippen LogP) is -0.749. The van der Waals surface area contributed by atoms with Crippen molar-refractivity contribution in [2.45, 2.75) is 0 Å². The molecule has 5 nitrogen and oxygen atoms in total. The highest BCUT2D eigenvalue weighted by Crippen LogP contribution is 1.98. The molecule has 1 aliphatic heterocycles. The van der Waals surface area contributed by atoms with Gasteiger partial charge in [0.05, 0.1) is 11.1 Å². The third kappa shape index (κ3) is 0.760. The zero-order chi connectivity index (χ0) is 5.98. The van der Waals surface area contributed by atoms with Crippen molar-refractivity contribution in [3.05, 3.63) is 28.6 Å². The molecule has 2 N–H and O–H groups in total. The van der Waals surface area contributed by atoms with Crippen molar-refractivity contribution >= 4 is 0 Å². The first-order valence-electron chi connectivity index (χ1n) is 1.92. The molecule has 8 heavy (non-hydrogen) atoms. The van der Waals surface area contributed by atoms with Gasteiger partial charge in [0.15, 0.2) is 6.54 Å². The lowest BCUT2D eigenvalue weighted by Crippen LogP contribution is -2.16. The van der Waals surface area contributed by atoms with Crippen LogP contribution in [0.1, 0.15) is 0 Å². The van der Waals surface area contributed by atoms with Crippen LogP contribution in [0.4, 0.5) is 0 Å². The number of hydrazine groups is 1. The Kier molecular flexibility index (Phi) is 1.13. The van der Waals surface area contributed by atoms with Crippen LogP contribution in [-0.2, 0) is 0 Å². The van der Waals surface area contributed by atoms with E-state index in [4.69, 9.17) is 0 Å². The molecule has 1 rings (SSSR count). The van der Waals surface area contributed by atoms with Crippen LogP contribution in [0.25, 0.3) is 0 Å². The lowest BCUT2D eigenvalue weighted by molar-refractivity contribution is -0.421. The molecule has 0 amide bonds. The average Bonchev–Trinajstić information content (AvgIpc) is 2.12. The predicted molar refractivity (Wildman–Crippen MR) is 24.6 cm³/mol. The molecule has 0 fully saturated rings. The summed E-state index contributed by atoms with van der Waals surface area (Å²) in [7, 11) is 0. The van der Waals surface area contributed by atoms with Crippen LogP contribution >= 0.6 is 0 Å². The lowest BCUT2D eigenvalue weighted by atomic mass is 10.5. The van der Waals surface area contributed by atoms with Gasteiger partial charge in [0.1, 0.15) is 0 Å². The molecule has 0 aromatic heterocycles. The van der Waals surface area contributed by atoms with Gasteiger partial charge in [-0.2, -0.15) is 0 Å². The van der Waals surface area contributed by atoms with E-state index in [0.29, 0.717) is 0 Å². The van der Waals surface area contributed by atoms with Gasteiger partial charge >= 0.3 is 0 Å². The maximum absolute atomic E-state index is 9.80. The maximum atomic E-state index is 9.80. The summed E-state index contributed by atoms with van der Waals surface area (Å²) in [6.45, 7) is 2.26. The highest BCUT2D eigenvalue weighted by molar-refractivity contribution is 5.05. The smallest absolute Gasteiger partial charge is 0.290 e. The second-order valence-corrected chi connectivity index (χ2v) is 1.18. The fraction of sp³-hybridized carbons (Fsp3) is 0. The van der Waals surface area contributed by atoms with Crippen LogP contribution in [-0.4, -0.2) is 4.92 Å². The summed E-state index contributed by atoms with van der Waals surface area (Å²) in [6, 6.07) is 0. The van der Waals surface area contributed by atoms with E-state index in [9.17, 15) is 10.1 Å². The summed E-state index contributed by atoms with van der Waals surface area (Å²) in [5.74, 6) is 0. The normalized spacial score (nSPS) is 17.2. The fourth-order valence-corrected chi connectivity index (χ4v) is 0.339. The molecule has 0 aromatic carbocycles. The molecule has 1 aliphatic rings. The summed E-state index contributed by atoms with van der Waals surface area (Å²) in [6.07, 6.45) is 1.22. The van der Waals surface area contributed by atoms with Gasteiger partial charge in [-0.25, -0.2) is 5.43 Å². The molecule has 0 spiro atoms. The van der Waals surface area contributed by atoms with Gasteiger partial charge < -0.3 is 5.43 Å². The van der Waals surface area contributed by atoms with Gasteiger partial charge in [0, 0.05) is 0 Å². The van der Waals surface area contributed by atoms with Crippen molar-refractivity contribution in [1.29, 1.82) is 0 Å². The molecule has 42 valence electrons. The molecular formula is C3H3N3O2. The SMILES string of the molecule is O=[N+]([O-])C1=CNN[C]1. The van der Waals surface area contributed by atoms with Crippen molar-refractivity contribution in [3.63, 3.8) is 0 Å². The zero-order valence-corrected chi connectivity index (χ0v) is 3.84. The van der Waals surface area contributed by atoms with Gasteiger partial charge in [-0.15, -0.1) is 0 Å². The minimum absolute atomic E-state index is 0.0787. The summed E-state index contributed by atoms with van der Waals surface area (Å²) >= 11 is 0. The molecule has 2 radical (unpaired) electrons. The van der Waals surface area contributed by atoms with Gasteiger partial charge in [-0.05, 0) is 0 Å². The second-order valence-electron chi connectivity index (χ2n) is 1.18. The van der Waals surface area contributed by atoms with Crippen molar-refractivity contribution in [2.24, 2.45) is 0 Å². The van der Waals surface area contributed by atoms with Crippen molar-refractivity contribution in [2.75, 3.05) is 0 Å². The molecule has 1 heterocycles. The van der Waals surface area contributed by atoms with Gasteiger partial charge in [0.2, 0.25) is 0 Å². The van der Waals surface area contributed by atoms with Crippen LogP contribution in [0.3, 0.4) is 0 Å². The van der Waals surface area contributed by atoms with Crippen LogP contribution in [0.5, 0.6) is 0 Å². The Morgan fingerprint density at radius 2 is 2.62 bits per heavy atom. The Balaban J connectivity index is 2.57. The first kappa shape index (κ1) is 5.04. The van der Waals surface area contributed by atoms with Gasteiger partial charge in [-0.1, -0.05) is 0 Å². The highest BCUT2D eigenvalue weighted by atomic mass is 16.6. The number of nitro groups is 1. The topological polar surface area (TPSA) is 67.2 Å². The van der Waals surface area contributed by atoms with E-state index in [0.717, 1.165) is 0 Å². The Hall–Kier alpha value is -1.10. The number of hydrogen-bond donors (Lipinski definition) is 2. The van der Waals surface area contributed by atoms with E-state index >= 15 is 0 Å². The molecule has 0 atom stereocenters. The van der Waals surface area contributed by atoms with Crippen molar-refractivity contribution in [3.8, 4) is 0 Å². The standard InChI is InChI=1S/C3H3N3O2/c7-6(8)3-1-4-5-2-3/h1,4-5H. The summed E-state index contributed by atoms with van der Waals surface area (Å²) in [4.78, 5) is 9.26. The zero-order valence-electron chi connectivity index (χ0n) is 3.84. The van der Waals surface area contributed by atoms with Crippen molar-refractivity contribution in [1.82, 2.24) is 10.9 Å². The van der Waals surface area contributed by atoms with Crippen LogP contribution in [0.2, 0.25) is 0 Å². The van der Waals surface area contributed by atoms with Gasteiger partial charge in [-0.3, -0.25) is 10.1 Å². The first-order chi connectivity index (χ1) is 3.80. The average molecular weight is 113 g/mol. The second kappa shape index (κ2) is 1.79. The largest absolute Gasteiger partial charge is 0.321 e.